The zero-order valence-electron chi connectivity index (χ0n) is 9.54. The molecule has 0 aromatic carbocycles. The minimum absolute atomic E-state index is 0.271. The molecular weight excluding hydrogens is 196 g/mol. The van der Waals surface area contributed by atoms with Crippen LogP contribution in [0.25, 0.3) is 0 Å². The molecule has 1 fully saturated rings. The first-order chi connectivity index (χ1) is 6.99. The summed E-state index contributed by atoms with van der Waals surface area (Å²) in [5, 5.41) is 0. The molecule has 1 aliphatic rings. The maximum absolute atomic E-state index is 11.2. The predicted octanol–water partition coefficient (Wildman–Crippen LogP) is 1.99. The second-order valence-corrected chi connectivity index (χ2v) is 3.77. The highest BCUT2D eigenvalue weighted by Crippen LogP contribution is 2.36. The van der Waals surface area contributed by atoms with Gasteiger partial charge in [-0.3, -0.25) is 0 Å². The summed E-state index contributed by atoms with van der Waals surface area (Å²) >= 11 is 0. The standard InChI is InChI=1S/C11H18O4/c1-5-9(12)14-11(7-3)8-13-10(4,6-2)15-11/h5H,1,6-8H2,2-4H3. The van der Waals surface area contributed by atoms with Gasteiger partial charge in [-0.15, -0.1) is 0 Å². The molecule has 0 radical (unpaired) electrons. The van der Waals surface area contributed by atoms with Crippen LogP contribution in [-0.2, 0) is 19.0 Å². The van der Waals surface area contributed by atoms with Gasteiger partial charge in [0, 0.05) is 12.5 Å². The van der Waals surface area contributed by atoms with Crippen LogP contribution in [0.1, 0.15) is 33.6 Å². The van der Waals surface area contributed by atoms with E-state index in [4.69, 9.17) is 14.2 Å². The van der Waals surface area contributed by atoms with Gasteiger partial charge in [-0.25, -0.2) is 4.79 Å². The molecule has 0 N–H and O–H groups in total. The fourth-order valence-corrected chi connectivity index (χ4v) is 1.41. The van der Waals surface area contributed by atoms with E-state index in [1.807, 2.05) is 20.8 Å². The van der Waals surface area contributed by atoms with Gasteiger partial charge < -0.3 is 14.2 Å². The average Bonchev–Trinajstić information content (AvgIpc) is 2.58. The summed E-state index contributed by atoms with van der Waals surface area (Å²) in [4.78, 5) is 11.2. The predicted molar refractivity (Wildman–Crippen MR) is 55.0 cm³/mol. The van der Waals surface area contributed by atoms with Crippen LogP contribution in [0, 0.1) is 0 Å². The summed E-state index contributed by atoms with van der Waals surface area (Å²) in [5.41, 5.74) is 0. The largest absolute Gasteiger partial charge is 0.427 e. The van der Waals surface area contributed by atoms with Crippen LogP contribution in [0.3, 0.4) is 0 Å². The van der Waals surface area contributed by atoms with Gasteiger partial charge in [-0.05, 0) is 13.3 Å². The highest BCUT2D eigenvalue weighted by Gasteiger charge is 2.48. The Morgan fingerprint density at radius 1 is 1.53 bits per heavy atom. The van der Waals surface area contributed by atoms with Crippen molar-refractivity contribution in [2.45, 2.75) is 45.2 Å². The molecule has 0 bridgehead atoms. The summed E-state index contributed by atoms with van der Waals surface area (Å²) < 4.78 is 16.4. The lowest BCUT2D eigenvalue weighted by Gasteiger charge is -2.28. The van der Waals surface area contributed by atoms with Crippen LogP contribution in [0.15, 0.2) is 12.7 Å². The first-order valence-electron chi connectivity index (χ1n) is 5.19. The lowest BCUT2D eigenvalue weighted by molar-refractivity contribution is -0.250. The van der Waals surface area contributed by atoms with Crippen LogP contribution >= 0.6 is 0 Å². The fraction of sp³-hybridized carbons (Fsp3) is 0.727. The van der Waals surface area contributed by atoms with Gasteiger partial charge in [0.15, 0.2) is 5.79 Å². The van der Waals surface area contributed by atoms with Crippen molar-refractivity contribution in [2.75, 3.05) is 6.61 Å². The number of carbonyl (C=O) groups excluding carboxylic acids is 1. The Kier molecular flexibility index (Phi) is 3.52. The van der Waals surface area contributed by atoms with E-state index in [0.717, 1.165) is 6.08 Å². The molecule has 0 aromatic heterocycles. The minimum Gasteiger partial charge on any atom is -0.427 e. The highest BCUT2D eigenvalue weighted by atomic mass is 16.8. The smallest absolute Gasteiger partial charge is 0.332 e. The minimum atomic E-state index is -0.948. The Morgan fingerprint density at radius 2 is 2.20 bits per heavy atom. The van der Waals surface area contributed by atoms with E-state index in [9.17, 15) is 4.79 Å². The first kappa shape index (κ1) is 12.2. The van der Waals surface area contributed by atoms with Crippen molar-refractivity contribution >= 4 is 5.97 Å². The van der Waals surface area contributed by atoms with Crippen LogP contribution in [0.2, 0.25) is 0 Å². The van der Waals surface area contributed by atoms with Gasteiger partial charge in [-0.1, -0.05) is 20.4 Å². The molecule has 1 aliphatic heterocycles. The third-order valence-electron chi connectivity index (χ3n) is 2.63. The Morgan fingerprint density at radius 3 is 2.60 bits per heavy atom. The van der Waals surface area contributed by atoms with E-state index in [1.54, 1.807) is 0 Å². The van der Waals surface area contributed by atoms with Crippen molar-refractivity contribution in [3.8, 4) is 0 Å². The molecule has 0 amide bonds. The number of hydrogen-bond acceptors (Lipinski definition) is 4. The molecule has 0 aromatic rings. The number of carbonyl (C=O) groups is 1. The Hall–Kier alpha value is -0.870. The van der Waals surface area contributed by atoms with Crippen molar-refractivity contribution < 1.29 is 19.0 Å². The molecule has 0 aliphatic carbocycles. The summed E-state index contributed by atoms with van der Waals surface area (Å²) in [6.45, 7) is 9.31. The molecule has 0 spiro atoms. The van der Waals surface area contributed by atoms with Crippen LogP contribution in [-0.4, -0.2) is 24.2 Å². The molecule has 1 heterocycles. The maximum Gasteiger partial charge on any atom is 0.332 e. The van der Waals surface area contributed by atoms with Crippen LogP contribution in [0.5, 0.6) is 0 Å². The average molecular weight is 214 g/mol. The van der Waals surface area contributed by atoms with Crippen molar-refractivity contribution in [3.63, 3.8) is 0 Å². The highest BCUT2D eigenvalue weighted by molar-refractivity contribution is 5.81. The maximum atomic E-state index is 11.2. The van der Waals surface area contributed by atoms with Gasteiger partial charge >= 0.3 is 5.97 Å². The molecule has 1 rings (SSSR count). The number of esters is 1. The summed E-state index contributed by atoms with van der Waals surface area (Å²) in [6, 6.07) is 0. The molecule has 2 atom stereocenters. The number of hydrogen-bond donors (Lipinski definition) is 0. The monoisotopic (exact) mass is 214 g/mol. The van der Waals surface area contributed by atoms with Gasteiger partial charge in [0.1, 0.15) is 6.61 Å². The van der Waals surface area contributed by atoms with E-state index < -0.39 is 17.5 Å². The first-order valence-corrected chi connectivity index (χ1v) is 5.19. The quantitative estimate of drug-likeness (QED) is 0.530. The Balaban J connectivity index is 2.72. The van der Waals surface area contributed by atoms with Gasteiger partial charge in [0.25, 0.3) is 0 Å². The number of ether oxygens (including phenoxy) is 3. The molecule has 15 heavy (non-hydrogen) atoms. The van der Waals surface area contributed by atoms with Crippen LogP contribution in [0.4, 0.5) is 0 Å². The zero-order valence-corrected chi connectivity index (χ0v) is 9.54. The zero-order chi connectivity index (χ0) is 11.5. The van der Waals surface area contributed by atoms with Crippen LogP contribution < -0.4 is 0 Å². The second kappa shape index (κ2) is 4.33. The molecule has 4 nitrogen and oxygen atoms in total. The van der Waals surface area contributed by atoms with Crippen molar-refractivity contribution in [3.05, 3.63) is 12.7 Å². The third-order valence-corrected chi connectivity index (χ3v) is 2.63. The molecule has 1 saturated heterocycles. The summed E-state index contributed by atoms with van der Waals surface area (Å²) in [5.74, 6) is -2.09. The second-order valence-electron chi connectivity index (χ2n) is 3.77. The number of rotatable bonds is 4. The molecule has 0 saturated carbocycles. The molecule has 86 valence electrons. The molecule has 2 unspecified atom stereocenters. The summed E-state index contributed by atoms with van der Waals surface area (Å²) in [7, 11) is 0. The summed E-state index contributed by atoms with van der Waals surface area (Å²) in [6.07, 6.45) is 2.39. The lowest BCUT2D eigenvalue weighted by atomic mass is 10.2. The molecule has 4 heteroatoms. The van der Waals surface area contributed by atoms with E-state index in [1.165, 1.54) is 0 Å². The lowest BCUT2D eigenvalue weighted by Crippen LogP contribution is -2.39. The fourth-order valence-electron chi connectivity index (χ4n) is 1.41. The normalized spacial score (nSPS) is 35.1. The van der Waals surface area contributed by atoms with Gasteiger partial charge in [-0.2, -0.15) is 0 Å². The third kappa shape index (κ3) is 2.58. The van der Waals surface area contributed by atoms with E-state index >= 15 is 0 Å². The van der Waals surface area contributed by atoms with E-state index in [0.29, 0.717) is 12.8 Å². The van der Waals surface area contributed by atoms with Gasteiger partial charge in [0.2, 0.25) is 5.79 Å². The van der Waals surface area contributed by atoms with Crippen molar-refractivity contribution in [2.24, 2.45) is 0 Å². The van der Waals surface area contributed by atoms with Crippen molar-refractivity contribution in [1.29, 1.82) is 0 Å². The topological polar surface area (TPSA) is 44.8 Å². The van der Waals surface area contributed by atoms with Crippen molar-refractivity contribution in [1.82, 2.24) is 0 Å². The Labute approximate surface area is 90.2 Å². The van der Waals surface area contributed by atoms with E-state index in [2.05, 4.69) is 6.58 Å². The Bertz CT molecular complexity index is 263. The van der Waals surface area contributed by atoms with E-state index in [-0.39, 0.29) is 6.61 Å². The molecular formula is C11H18O4. The van der Waals surface area contributed by atoms with Gasteiger partial charge in [0.05, 0.1) is 0 Å². The SMILES string of the molecule is C=CC(=O)OC1(CC)COC(C)(CC)O1.